The average molecular weight is 393 g/mol. The molecule has 0 saturated heterocycles. The second-order valence-electron chi connectivity index (χ2n) is 5.92. The van der Waals surface area contributed by atoms with Gasteiger partial charge in [-0.3, -0.25) is 4.68 Å². The van der Waals surface area contributed by atoms with Crippen LogP contribution in [0.15, 0.2) is 103 Å². The molecule has 0 radical (unpaired) electrons. The van der Waals surface area contributed by atoms with E-state index in [4.69, 9.17) is 11.6 Å². The molecular formula is C23H22ClN2P. The summed E-state index contributed by atoms with van der Waals surface area (Å²) in [5.41, 5.74) is 1.05. The molecule has 0 bridgehead atoms. The molecule has 4 rings (SSSR count). The number of aryl methyl sites for hydroxylation is 1. The first-order chi connectivity index (χ1) is 13.3. The van der Waals surface area contributed by atoms with Gasteiger partial charge < -0.3 is 0 Å². The van der Waals surface area contributed by atoms with Crippen molar-refractivity contribution in [3.05, 3.63) is 109 Å². The van der Waals surface area contributed by atoms with Crippen molar-refractivity contribution in [2.75, 3.05) is 0 Å². The Labute approximate surface area is 167 Å². The Balaban J connectivity index is 0.000000221. The molecular weight excluding hydrogens is 371 g/mol. The lowest BCUT2D eigenvalue weighted by Crippen LogP contribution is -2.20. The first kappa shape index (κ1) is 19.4. The third-order valence-electron chi connectivity index (χ3n) is 4.10. The van der Waals surface area contributed by atoms with Crippen molar-refractivity contribution >= 4 is 35.4 Å². The van der Waals surface area contributed by atoms with Gasteiger partial charge in [-0.05, 0) is 29.9 Å². The fraction of sp³-hybridized carbons (Fsp3) is 0.0870. The standard InChI is InChI=1S/C18H15P.C5H7ClN2/c1-4-10-16(11-5-1)19(17-12-6-2-7-13-17)18-14-8-3-9-15-18;1-8-5(4-6)2-3-7-8/h1-15H;2-3H,4H2,1H3. The molecule has 0 aliphatic carbocycles. The highest BCUT2D eigenvalue weighted by Gasteiger charge is 2.14. The van der Waals surface area contributed by atoms with Crippen LogP contribution < -0.4 is 15.9 Å². The Kier molecular flexibility index (Phi) is 7.21. The van der Waals surface area contributed by atoms with Crippen LogP contribution in [0.3, 0.4) is 0 Å². The van der Waals surface area contributed by atoms with Crippen LogP contribution in [0.5, 0.6) is 0 Å². The van der Waals surface area contributed by atoms with Crippen LogP contribution in [0.4, 0.5) is 0 Å². The van der Waals surface area contributed by atoms with E-state index in [1.165, 1.54) is 15.9 Å². The first-order valence-electron chi connectivity index (χ1n) is 8.77. The summed E-state index contributed by atoms with van der Waals surface area (Å²) in [6.45, 7) is 0. The fourth-order valence-electron chi connectivity index (χ4n) is 2.71. The number of hydrogen-bond donors (Lipinski definition) is 0. The summed E-state index contributed by atoms with van der Waals surface area (Å²) in [5.74, 6) is 0.538. The van der Waals surface area contributed by atoms with E-state index in [1.54, 1.807) is 10.9 Å². The molecule has 0 amide bonds. The number of benzene rings is 3. The predicted molar refractivity (Wildman–Crippen MR) is 118 cm³/mol. The number of aromatic nitrogens is 2. The van der Waals surface area contributed by atoms with Crippen molar-refractivity contribution in [3.8, 4) is 0 Å². The van der Waals surface area contributed by atoms with Crippen LogP contribution in [0.2, 0.25) is 0 Å². The maximum atomic E-state index is 5.51. The molecule has 3 aromatic carbocycles. The Hall–Kier alpha value is -2.41. The Morgan fingerprint density at radius 2 is 1.11 bits per heavy atom. The molecule has 0 aliphatic heterocycles. The molecule has 2 nitrogen and oxygen atoms in total. The summed E-state index contributed by atoms with van der Waals surface area (Å²) in [7, 11) is 1.43. The molecule has 4 aromatic rings. The molecule has 0 atom stereocenters. The second-order valence-corrected chi connectivity index (χ2v) is 8.41. The normalized spacial score (nSPS) is 10.3. The van der Waals surface area contributed by atoms with E-state index >= 15 is 0 Å². The molecule has 0 saturated carbocycles. The third kappa shape index (κ3) is 5.29. The van der Waals surface area contributed by atoms with Gasteiger partial charge in [0.15, 0.2) is 0 Å². The van der Waals surface area contributed by atoms with Crippen molar-refractivity contribution in [3.63, 3.8) is 0 Å². The predicted octanol–water partition coefficient (Wildman–Crippen LogP) is 4.60. The summed E-state index contributed by atoms with van der Waals surface area (Å²) in [5, 5.41) is 8.11. The summed E-state index contributed by atoms with van der Waals surface area (Å²) < 4.78 is 1.76. The van der Waals surface area contributed by atoms with Gasteiger partial charge in [0.05, 0.1) is 11.6 Å². The zero-order valence-corrected chi connectivity index (χ0v) is 16.9. The fourth-order valence-corrected chi connectivity index (χ4v) is 5.28. The number of alkyl halides is 1. The minimum absolute atomic E-state index is 0.446. The quantitative estimate of drug-likeness (QED) is 0.366. The molecule has 4 heteroatoms. The Morgan fingerprint density at radius 1 is 0.704 bits per heavy atom. The number of hydrogen-bond acceptors (Lipinski definition) is 1. The summed E-state index contributed by atoms with van der Waals surface area (Å²) >= 11 is 5.51. The molecule has 1 heterocycles. The number of nitrogens with zero attached hydrogens (tertiary/aromatic N) is 2. The van der Waals surface area contributed by atoms with Gasteiger partial charge in [0.25, 0.3) is 0 Å². The lowest BCUT2D eigenvalue weighted by molar-refractivity contribution is 0.735. The lowest BCUT2D eigenvalue weighted by atomic mass is 10.4. The number of rotatable bonds is 4. The van der Waals surface area contributed by atoms with Gasteiger partial charge in [0.1, 0.15) is 0 Å². The van der Waals surface area contributed by atoms with Crippen LogP contribution in [0.25, 0.3) is 0 Å². The van der Waals surface area contributed by atoms with E-state index in [1.807, 2.05) is 13.1 Å². The highest BCUT2D eigenvalue weighted by molar-refractivity contribution is 7.79. The van der Waals surface area contributed by atoms with Gasteiger partial charge in [-0.25, -0.2) is 0 Å². The highest BCUT2D eigenvalue weighted by Crippen LogP contribution is 2.32. The largest absolute Gasteiger partial charge is 0.271 e. The maximum absolute atomic E-state index is 5.51. The second kappa shape index (κ2) is 10.1. The van der Waals surface area contributed by atoms with Gasteiger partial charge in [-0.1, -0.05) is 91.0 Å². The molecule has 1 aromatic heterocycles. The van der Waals surface area contributed by atoms with E-state index in [0.717, 1.165) is 5.69 Å². The van der Waals surface area contributed by atoms with Crippen molar-refractivity contribution in [1.82, 2.24) is 9.78 Å². The Morgan fingerprint density at radius 3 is 1.37 bits per heavy atom. The van der Waals surface area contributed by atoms with Crippen molar-refractivity contribution in [2.24, 2.45) is 7.05 Å². The summed E-state index contributed by atoms with van der Waals surface area (Å²) in [6.07, 6.45) is 1.73. The minimum atomic E-state index is -0.446. The maximum Gasteiger partial charge on any atom is 0.0644 e. The third-order valence-corrected chi connectivity index (χ3v) is 6.82. The van der Waals surface area contributed by atoms with E-state index in [-0.39, 0.29) is 0 Å². The van der Waals surface area contributed by atoms with Gasteiger partial charge in [-0.2, -0.15) is 5.10 Å². The molecule has 0 aliphatic rings. The summed E-state index contributed by atoms with van der Waals surface area (Å²) in [4.78, 5) is 0. The van der Waals surface area contributed by atoms with E-state index < -0.39 is 7.92 Å². The number of halogens is 1. The van der Waals surface area contributed by atoms with E-state index in [2.05, 4.69) is 96.1 Å². The van der Waals surface area contributed by atoms with Gasteiger partial charge in [0.2, 0.25) is 0 Å². The monoisotopic (exact) mass is 392 g/mol. The highest BCUT2D eigenvalue weighted by atomic mass is 35.5. The molecule has 27 heavy (non-hydrogen) atoms. The molecule has 136 valence electrons. The molecule has 0 unspecified atom stereocenters. The van der Waals surface area contributed by atoms with Crippen LogP contribution in [0, 0.1) is 0 Å². The first-order valence-corrected chi connectivity index (χ1v) is 10.7. The van der Waals surface area contributed by atoms with Gasteiger partial charge >= 0.3 is 0 Å². The van der Waals surface area contributed by atoms with Crippen molar-refractivity contribution < 1.29 is 0 Å². The van der Waals surface area contributed by atoms with E-state index in [0.29, 0.717) is 5.88 Å². The molecule has 0 spiro atoms. The van der Waals surface area contributed by atoms with E-state index in [9.17, 15) is 0 Å². The van der Waals surface area contributed by atoms with Crippen LogP contribution in [-0.2, 0) is 12.9 Å². The Bertz CT molecular complexity index is 830. The zero-order valence-electron chi connectivity index (χ0n) is 15.2. The lowest BCUT2D eigenvalue weighted by Gasteiger charge is -2.18. The minimum Gasteiger partial charge on any atom is -0.271 e. The smallest absolute Gasteiger partial charge is 0.0644 e. The average Bonchev–Trinajstić information content (AvgIpc) is 3.16. The zero-order chi connectivity index (χ0) is 18.9. The van der Waals surface area contributed by atoms with Crippen molar-refractivity contribution in [1.29, 1.82) is 0 Å². The van der Waals surface area contributed by atoms with Gasteiger partial charge in [0, 0.05) is 13.2 Å². The van der Waals surface area contributed by atoms with Gasteiger partial charge in [-0.15, -0.1) is 11.6 Å². The van der Waals surface area contributed by atoms with Crippen LogP contribution in [-0.4, -0.2) is 9.78 Å². The van der Waals surface area contributed by atoms with Crippen molar-refractivity contribution in [2.45, 2.75) is 5.88 Å². The van der Waals surface area contributed by atoms with Crippen LogP contribution in [0.1, 0.15) is 5.69 Å². The molecule has 0 N–H and O–H groups in total. The van der Waals surface area contributed by atoms with Crippen LogP contribution >= 0.6 is 19.5 Å². The topological polar surface area (TPSA) is 17.8 Å². The molecule has 0 fully saturated rings. The summed E-state index contributed by atoms with van der Waals surface area (Å²) in [6, 6.07) is 34.2. The SMILES string of the molecule is Cn1nccc1CCl.c1ccc(P(c2ccccc2)c2ccccc2)cc1.